The molecule has 1 aromatic heterocycles. The van der Waals surface area contributed by atoms with Gasteiger partial charge in [0.15, 0.2) is 0 Å². The third kappa shape index (κ3) is 4.32. The summed E-state index contributed by atoms with van der Waals surface area (Å²) in [7, 11) is 3.92. The monoisotopic (exact) mass is 368 g/mol. The minimum absolute atomic E-state index is 0.0305. The lowest BCUT2D eigenvalue weighted by molar-refractivity contribution is -0.131. The summed E-state index contributed by atoms with van der Waals surface area (Å²) >= 11 is 0. The Kier molecular flexibility index (Phi) is 5.54. The molecule has 1 aliphatic rings. The molecule has 0 atom stereocenters. The Bertz CT molecular complexity index is 832. The lowest BCUT2D eigenvalue weighted by atomic mass is 10.1. The number of nitrogens with zero attached hydrogens (tertiary/aromatic N) is 3. The maximum Gasteiger partial charge on any atom is 0.254 e. The lowest BCUT2D eigenvalue weighted by Gasteiger charge is -2.35. The largest absolute Gasteiger partial charge is 0.378 e. The van der Waals surface area contributed by atoms with Gasteiger partial charge in [-0.1, -0.05) is 6.07 Å². The minimum atomic E-state index is 0.0305. The second-order valence-corrected chi connectivity index (χ2v) is 7.40. The fourth-order valence-corrected chi connectivity index (χ4v) is 3.50. The number of hydrogen-bond donors (Lipinski definition) is 1. The van der Waals surface area contributed by atoms with E-state index in [1.165, 1.54) is 0 Å². The van der Waals surface area contributed by atoms with E-state index in [0.717, 1.165) is 22.6 Å². The highest BCUT2D eigenvalue weighted by Gasteiger charge is 2.25. The number of amides is 2. The van der Waals surface area contributed by atoms with Crippen molar-refractivity contribution in [2.24, 2.45) is 0 Å². The van der Waals surface area contributed by atoms with Crippen LogP contribution >= 0.6 is 0 Å². The van der Waals surface area contributed by atoms with Crippen molar-refractivity contribution in [1.29, 1.82) is 0 Å². The molecule has 0 spiro atoms. The van der Waals surface area contributed by atoms with Crippen molar-refractivity contribution < 1.29 is 9.59 Å². The van der Waals surface area contributed by atoms with Gasteiger partial charge in [0.2, 0.25) is 5.91 Å². The van der Waals surface area contributed by atoms with Gasteiger partial charge in [-0.2, -0.15) is 0 Å². The third-order valence-electron chi connectivity index (χ3n) is 5.13. The van der Waals surface area contributed by atoms with Crippen LogP contribution in [-0.4, -0.2) is 66.9 Å². The standard InChI is InChI=1S/C21H28N4O2/c1-15-12-18(16(2)22-15)14-20(26)24-8-10-25(11-9-24)21(27)17-6-5-7-19(13-17)23(3)4/h5-7,12-13,22H,8-11,14H2,1-4H3. The number of aromatic nitrogens is 1. The number of anilines is 1. The van der Waals surface area contributed by atoms with Gasteiger partial charge < -0.3 is 19.7 Å². The number of aryl methyl sites for hydroxylation is 2. The van der Waals surface area contributed by atoms with Crippen LogP contribution in [-0.2, 0) is 11.2 Å². The van der Waals surface area contributed by atoms with Crippen molar-refractivity contribution in [1.82, 2.24) is 14.8 Å². The van der Waals surface area contributed by atoms with Crippen LogP contribution in [0.2, 0.25) is 0 Å². The van der Waals surface area contributed by atoms with Crippen LogP contribution in [0.4, 0.5) is 5.69 Å². The molecule has 1 fully saturated rings. The van der Waals surface area contributed by atoms with E-state index in [9.17, 15) is 9.59 Å². The summed E-state index contributed by atoms with van der Waals surface area (Å²) in [4.78, 5) is 34.3. The maximum atomic E-state index is 12.8. The Morgan fingerprint density at radius 2 is 1.70 bits per heavy atom. The summed E-state index contributed by atoms with van der Waals surface area (Å²) in [5.74, 6) is 0.154. The zero-order chi connectivity index (χ0) is 19.6. The number of H-pyrrole nitrogens is 1. The Morgan fingerprint density at radius 1 is 1.04 bits per heavy atom. The van der Waals surface area contributed by atoms with Crippen LogP contribution in [0, 0.1) is 13.8 Å². The average Bonchev–Trinajstić information content (AvgIpc) is 2.98. The van der Waals surface area contributed by atoms with Gasteiger partial charge in [-0.05, 0) is 43.7 Å². The topological polar surface area (TPSA) is 59.7 Å². The molecule has 0 aliphatic carbocycles. The van der Waals surface area contributed by atoms with Crippen molar-refractivity contribution in [3.05, 3.63) is 52.8 Å². The van der Waals surface area contributed by atoms with Crippen molar-refractivity contribution in [3.63, 3.8) is 0 Å². The summed E-state index contributed by atoms with van der Waals surface area (Å²) < 4.78 is 0. The lowest BCUT2D eigenvalue weighted by Crippen LogP contribution is -2.51. The normalized spacial score (nSPS) is 14.4. The maximum absolute atomic E-state index is 12.8. The SMILES string of the molecule is Cc1cc(CC(=O)N2CCN(C(=O)c3cccc(N(C)C)c3)CC2)c(C)[nH]1. The number of nitrogens with one attached hydrogen (secondary N) is 1. The van der Waals surface area contributed by atoms with Gasteiger partial charge in [0, 0.05) is 62.9 Å². The van der Waals surface area contributed by atoms with E-state index in [1.807, 2.05) is 73.0 Å². The van der Waals surface area contributed by atoms with Crippen LogP contribution in [0.15, 0.2) is 30.3 Å². The first-order valence-electron chi connectivity index (χ1n) is 9.34. The number of benzene rings is 1. The van der Waals surface area contributed by atoms with Gasteiger partial charge in [0.1, 0.15) is 0 Å². The van der Waals surface area contributed by atoms with Crippen molar-refractivity contribution >= 4 is 17.5 Å². The average molecular weight is 368 g/mol. The van der Waals surface area contributed by atoms with Crippen LogP contribution in [0.3, 0.4) is 0 Å². The van der Waals surface area contributed by atoms with Crippen molar-refractivity contribution in [3.8, 4) is 0 Å². The number of rotatable bonds is 4. The smallest absolute Gasteiger partial charge is 0.254 e. The molecule has 1 aromatic carbocycles. The molecule has 2 aromatic rings. The minimum Gasteiger partial charge on any atom is -0.378 e. The molecule has 144 valence electrons. The van der Waals surface area contributed by atoms with Gasteiger partial charge >= 0.3 is 0 Å². The van der Waals surface area contributed by atoms with E-state index in [4.69, 9.17) is 0 Å². The van der Waals surface area contributed by atoms with Crippen LogP contribution < -0.4 is 4.90 Å². The molecular formula is C21H28N4O2. The molecule has 6 nitrogen and oxygen atoms in total. The van der Waals surface area contributed by atoms with Crippen LogP contribution in [0.5, 0.6) is 0 Å². The van der Waals surface area contributed by atoms with E-state index in [0.29, 0.717) is 38.2 Å². The van der Waals surface area contributed by atoms with Gasteiger partial charge in [0.05, 0.1) is 6.42 Å². The fraction of sp³-hybridized carbons (Fsp3) is 0.429. The first kappa shape index (κ1) is 19.0. The first-order valence-corrected chi connectivity index (χ1v) is 9.34. The van der Waals surface area contributed by atoms with Crippen molar-refractivity contribution in [2.75, 3.05) is 45.2 Å². The summed E-state index contributed by atoms with van der Waals surface area (Å²) in [6.45, 7) is 6.30. The van der Waals surface area contributed by atoms with E-state index in [-0.39, 0.29) is 11.8 Å². The zero-order valence-electron chi connectivity index (χ0n) is 16.6. The molecule has 0 radical (unpaired) electrons. The Hall–Kier alpha value is -2.76. The summed E-state index contributed by atoms with van der Waals surface area (Å²) in [5, 5.41) is 0. The zero-order valence-corrected chi connectivity index (χ0v) is 16.6. The number of carbonyl (C=O) groups is 2. The highest BCUT2D eigenvalue weighted by atomic mass is 16.2. The van der Waals surface area contributed by atoms with E-state index < -0.39 is 0 Å². The van der Waals surface area contributed by atoms with E-state index >= 15 is 0 Å². The molecule has 2 amide bonds. The number of piperazine rings is 1. The molecule has 1 aliphatic heterocycles. The predicted octanol–water partition coefficient (Wildman–Crippen LogP) is 2.22. The van der Waals surface area contributed by atoms with Crippen LogP contribution in [0.25, 0.3) is 0 Å². The fourth-order valence-electron chi connectivity index (χ4n) is 3.50. The highest BCUT2D eigenvalue weighted by Crippen LogP contribution is 2.17. The molecule has 6 heteroatoms. The molecule has 1 N–H and O–H groups in total. The number of aromatic amines is 1. The second kappa shape index (κ2) is 7.86. The molecule has 0 unspecified atom stereocenters. The number of hydrogen-bond acceptors (Lipinski definition) is 3. The second-order valence-electron chi connectivity index (χ2n) is 7.40. The van der Waals surface area contributed by atoms with E-state index in [2.05, 4.69) is 4.98 Å². The quantitative estimate of drug-likeness (QED) is 0.900. The van der Waals surface area contributed by atoms with Gasteiger partial charge in [-0.3, -0.25) is 9.59 Å². The first-order chi connectivity index (χ1) is 12.8. The van der Waals surface area contributed by atoms with Gasteiger partial charge in [-0.25, -0.2) is 0 Å². The van der Waals surface area contributed by atoms with Gasteiger partial charge in [-0.15, -0.1) is 0 Å². The summed E-state index contributed by atoms with van der Waals surface area (Å²) in [6.07, 6.45) is 0.412. The van der Waals surface area contributed by atoms with Gasteiger partial charge in [0.25, 0.3) is 5.91 Å². The molecular weight excluding hydrogens is 340 g/mol. The third-order valence-corrected chi connectivity index (χ3v) is 5.13. The Labute approximate surface area is 160 Å². The Balaban J connectivity index is 1.58. The van der Waals surface area contributed by atoms with E-state index in [1.54, 1.807) is 0 Å². The summed E-state index contributed by atoms with van der Waals surface area (Å²) in [5.41, 5.74) is 4.88. The molecule has 0 saturated carbocycles. The molecule has 27 heavy (non-hydrogen) atoms. The Morgan fingerprint density at radius 3 is 2.30 bits per heavy atom. The number of carbonyl (C=O) groups excluding carboxylic acids is 2. The molecule has 0 bridgehead atoms. The summed E-state index contributed by atoms with van der Waals surface area (Å²) in [6, 6.07) is 9.69. The van der Waals surface area contributed by atoms with Crippen LogP contribution in [0.1, 0.15) is 27.3 Å². The molecule has 1 saturated heterocycles. The van der Waals surface area contributed by atoms with Crippen molar-refractivity contribution in [2.45, 2.75) is 20.3 Å². The highest BCUT2D eigenvalue weighted by molar-refractivity contribution is 5.95. The molecule has 2 heterocycles. The molecule has 3 rings (SSSR count). The predicted molar refractivity (Wildman–Crippen MR) is 107 cm³/mol.